The molecule has 0 radical (unpaired) electrons. The van der Waals surface area contributed by atoms with Crippen LogP contribution in [0.2, 0.25) is 5.02 Å². The Morgan fingerprint density at radius 2 is 1.93 bits per heavy atom. The lowest BCUT2D eigenvalue weighted by atomic mass is 9.93. The number of hydrogen-bond acceptors (Lipinski definition) is 5. The smallest absolute Gasteiger partial charge is 0.259 e. The molecule has 0 bridgehead atoms. The summed E-state index contributed by atoms with van der Waals surface area (Å²) >= 11 is 6.29. The number of nitrogens with one attached hydrogen (secondary N) is 1. The van der Waals surface area contributed by atoms with Gasteiger partial charge in [0.25, 0.3) is 5.56 Å². The fourth-order valence-electron chi connectivity index (χ4n) is 3.81. The van der Waals surface area contributed by atoms with Gasteiger partial charge in [0.05, 0.1) is 6.10 Å². The topological polar surface area (TPSA) is 69.0 Å². The maximum Gasteiger partial charge on any atom is 0.259 e. The van der Waals surface area contributed by atoms with Crippen LogP contribution in [0.1, 0.15) is 25.7 Å². The number of fused-ring (bicyclic) bond motifs is 1. The number of aromatic nitrogens is 3. The summed E-state index contributed by atoms with van der Waals surface area (Å²) in [5.74, 6) is 0.550. The second-order valence-electron chi connectivity index (χ2n) is 7.23. The van der Waals surface area contributed by atoms with Crippen molar-refractivity contribution in [3.8, 4) is 11.1 Å². The van der Waals surface area contributed by atoms with Crippen LogP contribution in [0.25, 0.3) is 22.2 Å². The molecule has 7 heteroatoms. The normalized spacial score (nSPS) is 19.7. The molecule has 1 saturated carbocycles. The Bertz CT molecular complexity index is 1060. The van der Waals surface area contributed by atoms with E-state index >= 15 is 0 Å². The van der Waals surface area contributed by atoms with E-state index in [-0.39, 0.29) is 5.56 Å². The van der Waals surface area contributed by atoms with Gasteiger partial charge in [-0.25, -0.2) is 4.98 Å². The number of aryl methyl sites for hydroxylation is 1. The van der Waals surface area contributed by atoms with Crippen molar-refractivity contribution in [3.63, 3.8) is 0 Å². The van der Waals surface area contributed by atoms with Crippen LogP contribution >= 0.6 is 11.6 Å². The Labute approximate surface area is 168 Å². The molecule has 1 aromatic carbocycles. The molecule has 0 saturated heterocycles. The van der Waals surface area contributed by atoms with Gasteiger partial charge in [-0.15, -0.1) is 0 Å². The van der Waals surface area contributed by atoms with Crippen LogP contribution in [-0.2, 0) is 11.8 Å². The molecule has 146 valence electrons. The number of rotatable bonds is 4. The number of benzene rings is 1. The molecule has 28 heavy (non-hydrogen) atoms. The molecule has 6 nitrogen and oxygen atoms in total. The van der Waals surface area contributed by atoms with Crippen molar-refractivity contribution < 1.29 is 4.74 Å². The summed E-state index contributed by atoms with van der Waals surface area (Å²) in [4.78, 5) is 22.0. The molecule has 4 rings (SSSR count). The van der Waals surface area contributed by atoms with E-state index in [1.165, 1.54) is 0 Å². The predicted molar refractivity (Wildman–Crippen MR) is 112 cm³/mol. The third-order valence-corrected chi connectivity index (χ3v) is 5.78. The van der Waals surface area contributed by atoms with E-state index in [1.807, 2.05) is 24.3 Å². The molecule has 0 aliphatic heterocycles. The number of anilines is 1. The minimum Gasteiger partial charge on any atom is -0.381 e. The van der Waals surface area contributed by atoms with E-state index in [0.717, 1.165) is 31.1 Å². The fraction of sp³-hybridized carbons (Fsp3) is 0.381. The highest BCUT2D eigenvalue weighted by atomic mass is 35.5. The van der Waals surface area contributed by atoms with E-state index in [4.69, 9.17) is 16.3 Å². The van der Waals surface area contributed by atoms with Gasteiger partial charge in [0.15, 0.2) is 0 Å². The zero-order chi connectivity index (χ0) is 19.7. The van der Waals surface area contributed by atoms with Crippen molar-refractivity contribution in [1.29, 1.82) is 0 Å². The molecule has 2 aromatic heterocycles. The molecular weight excluding hydrogens is 376 g/mol. The number of halogens is 1. The molecule has 0 spiro atoms. The quantitative estimate of drug-likeness (QED) is 0.718. The zero-order valence-corrected chi connectivity index (χ0v) is 16.7. The Hall–Kier alpha value is -2.44. The van der Waals surface area contributed by atoms with Gasteiger partial charge < -0.3 is 10.1 Å². The van der Waals surface area contributed by atoms with E-state index in [0.29, 0.717) is 39.9 Å². The minimum atomic E-state index is -0.133. The first-order valence-corrected chi connectivity index (χ1v) is 9.85. The van der Waals surface area contributed by atoms with Gasteiger partial charge >= 0.3 is 0 Å². The van der Waals surface area contributed by atoms with Crippen molar-refractivity contribution in [2.45, 2.75) is 37.8 Å². The van der Waals surface area contributed by atoms with E-state index in [9.17, 15) is 4.79 Å². The third kappa shape index (κ3) is 3.62. The molecule has 0 unspecified atom stereocenters. The maximum absolute atomic E-state index is 12.9. The zero-order valence-electron chi connectivity index (χ0n) is 16.0. The lowest BCUT2D eigenvalue weighted by molar-refractivity contribution is 0.0681. The van der Waals surface area contributed by atoms with Gasteiger partial charge in [0.2, 0.25) is 5.95 Å². The first-order chi connectivity index (χ1) is 13.6. The largest absolute Gasteiger partial charge is 0.381 e. The van der Waals surface area contributed by atoms with Crippen molar-refractivity contribution in [2.75, 3.05) is 12.4 Å². The second kappa shape index (κ2) is 7.89. The van der Waals surface area contributed by atoms with Gasteiger partial charge in [-0.1, -0.05) is 29.8 Å². The summed E-state index contributed by atoms with van der Waals surface area (Å²) in [6.07, 6.45) is 6.20. The number of ether oxygens (including phenoxy) is 1. The van der Waals surface area contributed by atoms with Crippen molar-refractivity contribution >= 4 is 28.6 Å². The standard InChI is InChI=1S/C21H23ClN4O2/c1-26-19-13(11-17(20(26)27)16-5-3-4-6-18(16)22)12-23-21(25-19)24-14-7-9-15(28-2)10-8-14/h3-6,11-12,14-15H,7-10H2,1-2H3,(H,23,24,25). The van der Waals surface area contributed by atoms with E-state index < -0.39 is 0 Å². The molecule has 1 aliphatic carbocycles. The molecule has 1 N–H and O–H groups in total. The molecule has 3 aromatic rings. The van der Waals surface area contributed by atoms with Gasteiger partial charge in [-0.05, 0) is 37.8 Å². The third-order valence-electron chi connectivity index (χ3n) is 5.45. The second-order valence-corrected chi connectivity index (χ2v) is 7.64. The lowest BCUT2D eigenvalue weighted by Crippen LogP contribution is -2.30. The van der Waals surface area contributed by atoms with Crippen molar-refractivity contribution in [2.24, 2.45) is 7.05 Å². The average Bonchev–Trinajstić information content (AvgIpc) is 2.72. The molecular formula is C21H23ClN4O2. The lowest BCUT2D eigenvalue weighted by Gasteiger charge is -2.28. The SMILES string of the molecule is COC1CCC(Nc2ncc3cc(-c4ccccc4Cl)c(=O)n(C)c3n2)CC1. The van der Waals surface area contributed by atoms with Crippen LogP contribution < -0.4 is 10.9 Å². The number of methoxy groups -OCH3 is 1. The summed E-state index contributed by atoms with van der Waals surface area (Å²) in [7, 11) is 3.49. The Morgan fingerprint density at radius 3 is 2.64 bits per heavy atom. The first-order valence-electron chi connectivity index (χ1n) is 9.48. The molecule has 1 aliphatic rings. The van der Waals surface area contributed by atoms with Crippen molar-refractivity contribution in [3.05, 3.63) is 51.9 Å². The van der Waals surface area contributed by atoms with Crippen LogP contribution in [-0.4, -0.2) is 33.8 Å². The molecule has 0 atom stereocenters. The fourth-order valence-corrected chi connectivity index (χ4v) is 4.05. The number of pyridine rings is 1. The maximum atomic E-state index is 12.9. The van der Waals surface area contributed by atoms with E-state index in [2.05, 4.69) is 15.3 Å². The average molecular weight is 399 g/mol. The summed E-state index contributed by atoms with van der Waals surface area (Å²) in [6, 6.07) is 9.47. The molecule has 2 heterocycles. The van der Waals surface area contributed by atoms with E-state index in [1.54, 1.807) is 31.0 Å². The van der Waals surface area contributed by atoms with Crippen LogP contribution in [0.4, 0.5) is 5.95 Å². The van der Waals surface area contributed by atoms with Crippen LogP contribution in [0, 0.1) is 0 Å². The van der Waals surface area contributed by atoms with Crippen LogP contribution in [0.15, 0.2) is 41.3 Å². The Balaban J connectivity index is 1.66. The Kier molecular flexibility index (Phi) is 5.33. The van der Waals surface area contributed by atoms with Gasteiger partial charge in [0, 0.05) is 47.9 Å². The predicted octanol–water partition coefficient (Wildman–Crippen LogP) is 4.02. The van der Waals surface area contributed by atoms with Crippen molar-refractivity contribution in [1.82, 2.24) is 14.5 Å². The van der Waals surface area contributed by atoms with Crippen LogP contribution in [0.3, 0.4) is 0 Å². The van der Waals surface area contributed by atoms with Gasteiger partial charge in [-0.3, -0.25) is 9.36 Å². The minimum absolute atomic E-state index is 0.133. The van der Waals surface area contributed by atoms with Gasteiger partial charge in [0.1, 0.15) is 5.65 Å². The summed E-state index contributed by atoms with van der Waals surface area (Å²) in [5, 5.41) is 4.75. The number of hydrogen-bond donors (Lipinski definition) is 1. The highest BCUT2D eigenvalue weighted by Gasteiger charge is 2.21. The summed E-state index contributed by atoms with van der Waals surface area (Å²) < 4.78 is 6.98. The number of nitrogens with zero attached hydrogens (tertiary/aromatic N) is 3. The molecule has 0 amide bonds. The van der Waals surface area contributed by atoms with Crippen LogP contribution in [0.5, 0.6) is 0 Å². The summed E-state index contributed by atoms with van der Waals surface area (Å²) in [6.45, 7) is 0. The van der Waals surface area contributed by atoms with Gasteiger partial charge in [-0.2, -0.15) is 4.98 Å². The summed E-state index contributed by atoms with van der Waals surface area (Å²) in [5.41, 5.74) is 1.72. The Morgan fingerprint density at radius 1 is 1.18 bits per heavy atom. The monoisotopic (exact) mass is 398 g/mol. The first kappa shape index (κ1) is 18.9. The highest BCUT2D eigenvalue weighted by Crippen LogP contribution is 2.27. The molecule has 1 fully saturated rings. The highest BCUT2D eigenvalue weighted by molar-refractivity contribution is 6.33.